The van der Waals surface area contributed by atoms with E-state index in [4.69, 9.17) is 4.42 Å². The number of para-hydroxylation sites is 1. The van der Waals surface area contributed by atoms with Gasteiger partial charge < -0.3 is 14.2 Å². The summed E-state index contributed by atoms with van der Waals surface area (Å²) in [5.41, 5.74) is 1.13. The molecule has 2 saturated heterocycles. The normalized spacial score (nSPS) is 18.8. The number of amides is 3. The number of nitrogens with zero attached hydrogens (tertiary/aromatic N) is 3. The molecule has 2 fully saturated rings. The molecule has 0 atom stereocenters. The Balaban J connectivity index is 1.32. The van der Waals surface area contributed by atoms with Gasteiger partial charge in [-0.05, 0) is 48.2 Å². The zero-order valence-electron chi connectivity index (χ0n) is 16.3. The number of imide groups is 1. The number of anilines is 1. The maximum atomic E-state index is 12.7. The third-order valence-corrected chi connectivity index (χ3v) is 5.90. The van der Waals surface area contributed by atoms with E-state index in [9.17, 15) is 14.4 Å². The van der Waals surface area contributed by atoms with Crippen molar-refractivity contribution in [2.24, 2.45) is 0 Å². The van der Waals surface area contributed by atoms with Crippen molar-refractivity contribution < 1.29 is 18.8 Å². The minimum atomic E-state index is -0.439. The number of furan rings is 1. The van der Waals surface area contributed by atoms with Crippen LogP contribution in [0.5, 0.6) is 0 Å². The summed E-state index contributed by atoms with van der Waals surface area (Å²) >= 11 is 0.843. The molecule has 1 aromatic heterocycles. The van der Waals surface area contributed by atoms with Gasteiger partial charge in [0, 0.05) is 31.9 Å². The second-order valence-corrected chi connectivity index (χ2v) is 7.86. The smallest absolute Gasteiger partial charge is 0.294 e. The van der Waals surface area contributed by atoms with E-state index >= 15 is 0 Å². The van der Waals surface area contributed by atoms with Gasteiger partial charge >= 0.3 is 0 Å². The zero-order valence-corrected chi connectivity index (χ0v) is 17.1. The number of thioether (sulfide) groups is 1. The zero-order chi connectivity index (χ0) is 20.9. The summed E-state index contributed by atoms with van der Waals surface area (Å²) in [7, 11) is 0. The first-order chi connectivity index (χ1) is 14.6. The number of hydrogen-bond acceptors (Lipinski definition) is 6. The Morgan fingerprint density at radius 2 is 1.80 bits per heavy atom. The molecule has 0 aliphatic carbocycles. The van der Waals surface area contributed by atoms with Crippen molar-refractivity contribution in [1.29, 1.82) is 0 Å². The summed E-state index contributed by atoms with van der Waals surface area (Å²) in [6, 6.07) is 13.6. The van der Waals surface area contributed by atoms with Crippen LogP contribution in [0, 0.1) is 0 Å². The maximum absolute atomic E-state index is 12.7. The van der Waals surface area contributed by atoms with Gasteiger partial charge in [0.2, 0.25) is 5.91 Å². The summed E-state index contributed by atoms with van der Waals surface area (Å²) in [4.78, 5) is 42.7. The molecule has 1 aromatic carbocycles. The Hall–Kier alpha value is -3.26. The van der Waals surface area contributed by atoms with Gasteiger partial charge in [-0.25, -0.2) is 0 Å². The third-order valence-electron chi connectivity index (χ3n) is 4.97. The van der Waals surface area contributed by atoms with Crippen LogP contribution in [0.25, 0.3) is 6.08 Å². The van der Waals surface area contributed by atoms with E-state index in [2.05, 4.69) is 4.90 Å². The average molecular weight is 423 g/mol. The molecule has 0 saturated carbocycles. The van der Waals surface area contributed by atoms with Crippen molar-refractivity contribution in [1.82, 2.24) is 9.80 Å². The number of carbonyl (C=O) groups is 3. The number of piperazine rings is 1. The molecule has 3 heterocycles. The first-order valence-electron chi connectivity index (χ1n) is 9.65. The Kier molecular flexibility index (Phi) is 6.04. The molecule has 30 heavy (non-hydrogen) atoms. The van der Waals surface area contributed by atoms with Gasteiger partial charge in [0.1, 0.15) is 12.3 Å². The Morgan fingerprint density at radius 1 is 1.03 bits per heavy atom. The van der Waals surface area contributed by atoms with Crippen LogP contribution in [-0.4, -0.2) is 59.6 Å². The summed E-state index contributed by atoms with van der Waals surface area (Å²) in [6.07, 6.45) is 6.47. The minimum absolute atomic E-state index is 0.211. The number of hydrogen-bond donors (Lipinski definition) is 0. The van der Waals surface area contributed by atoms with E-state index in [-0.39, 0.29) is 12.5 Å². The lowest BCUT2D eigenvalue weighted by Gasteiger charge is -2.36. The highest BCUT2D eigenvalue weighted by Gasteiger charge is 2.37. The van der Waals surface area contributed by atoms with Gasteiger partial charge in [-0.3, -0.25) is 19.3 Å². The fourth-order valence-electron chi connectivity index (χ4n) is 3.35. The summed E-state index contributed by atoms with van der Waals surface area (Å²) < 4.78 is 5.18. The van der Waals surface area contributed by atoms with Crippen LogP contribution in [-0.2, 0) is 9.59 Å². The molecule has 0 radical (unpaired) electrons. The van der Waals surface area contributed by atoms with Crippen LogP contribution in [0.2, 0.25) is 0 Å². The largest absolute Gasteiger partial charge is 0.465 e. The van der Waals surface area contributed by atoms with Gasteiger partial charge in [0.05, 0.1) is 11.2 Å². The van der Waals surface area contributed by atoms with Crippen molar-refractivity contribution in [2.75, 3.05) is 37.6 Å². The minimum Gasteiger partial charge on any atom is -0.465 e. The Labute approximate surface area is 178 Å². The standard InChI is InChI=1S/C22H21N3O4S/c26-20(24-13-11-23(12-14-24)17-6-2-1-3-7-17)16-25-21(27)19(30-22(25)28)10-4-8-18-9-5-15-29-18/h1-10,15H,11-14,16H2/b8-4+,19-10+. The van der Waals surface area contributed by atoms with Crippen molar-refractivity contribution >= 4 is 40.6 Å². The van der Waals surface area contributed by atoms with Gasteiger partial charge in [0.15, 0.2) is 0 Å². The highest BCUT2D eigenvalue weighted by atomic mass is 32.2. The fraction of sp³-hybridized carbons (Fsp3) is 0.227. The van der Waals surface area contributed by atoms with Crippen molar-refractivity contribution in [3.8, 4) is 0 Å². The molecule has 2 aliphatic rings. The molecule has 3 amide bonds. The van der Waals surface area contributed by atoms with E-state index in [0.717, 1.165) is 35.4 Å². The van der Waals surface area contributed by atoms with Crippen LogP contribution < -0.4 is 4.90 Å². The van der Waals surface area contributed by atoms with Crippen LogP contribution in [0.4, 0.5) is 10.5 Å². The third kappa shape index (κ3) is 4.49. The summed E-state index contributed by atoms with van der Waals surface area (Å²) in [5, 5.41) is -0.422. The van der Waals surface area contributed by atoms with Crippen LogP contribution in [0.15, 0.2) is 70.2 Å². The highest BCUT2D eigenvalue weighted by molar-refractivity contribution is 8.18. The van der Waals surface area contributed by atoms with Crippen molar-refractivity contribution in [3.63, 3.8) is 0 Å². The quantitative estimate of drug-likeness (QED) is 0.688. The fourth-order valence-corrected chi connectivity index (χ4v) is 4.14. The van der Waals surface area contributed by atoms with Crippen LogP contribution in [0.1, 0.15) is 5.76 Å². The molecule has 4 rings (SSSR count). The molecule has 2 aromatic rings. The Morgan fingerprint density at radius 3 is 2.50 bits per heavy atom. The summed E-state index contributed by atoms with van der Waals surface area (Å²) in [5.74, 6) is -0.00180. The molecule has 0 unspecified atom stereocenters. The number of carbonyl (C=O) groups excluding carboxylic acids is 3. The van der Waals surface area contributed by atoms with E-state index < -0.39 is 11.1 Å². The topological polar surface area (TPSA) is 74.1 Å². The lowest BCUT2D eigenvalue weighted by molar-refractivity contribution is -0.136. The molecule has 2 aliphatic heterocycles. The van der Waals surface area contributed by atoms with Gasteiger partial charge in [-0.1, -0.05) is 24.3 Å². The monoisotopic (exact) mass is 423 g/mol. The number of allylic oxidation sites excluding steroid dienone is 2. The molecule has 7 nitrogen and oxygen atoms in total. The lowest BCUT2D eigenvalue weighted by atomic mass is 10.2. The van der Waals surface area contributed by atoms with Gasteiger partial charge in [0.25, 0.3) is 11.1 Å². The van der Waals surface area contributed by atoms with E-state index in [0.29, 0.717) is 23.8 Å². The molecular formula is C22H21N3O4S. The maximum Gasteiger partial charge on any atom is 0.294 e. The van der Waals surface area contributed by atoms with Crippen molar-refractivity contribution in [2.45, 2.75) is 0 Å². The van der Waals surface area contributed by atoms with Crippen LogP contribution >= 0.6 is 11.8 Å². The average Bonchev–Trinajstić information content (AvgIpc) is 3.38. The molecule has 0 bridgehead atoms. The first-order valence-corrected chi connectivity index (χ1v) is 10.5. The SMILES string of the molecule is O=C(CN1C(=O)S/C(=C/C=C/c2ccco2)C1=O)N1CCN(c2ccccc2)CC1. The molecule has 0 spiro atoms. The predicted molar refractivity (Wildman–Crippen MR) is 116 cm³/mol. The van der Waals surface area contributed by atoms with Crippen molar-refractivity contribution in [3.05, 3.63) is 71.5 Å². The second kappa shape index (κ2) is 9.04. The molecule has 8 heteroatoms. The van der Waals surface area contributed by atoms with Crippen LogP contribution in [0.3, 0.4) is 0 Å². The molecule has 154 valence electrons. The molecule has 0 N–H and O–H groups in total. The van der Waals surface area contributed by atoms with E-state index in [1.807, 2.05) is 30.3 Å². The van der Waals surface area contributed by atoms with Gasteiger partial charge in [-0.15, -0.1) is 0 Å². The summed E-state index contributed by atoms with van der Waals surface area (Å²) in [6.45, 7) is 2.33. The lowest BCUT2D eigenvalue weighted by Crippen LogP contribution is -2.51. The number of benzene rings is 1. The van der Waals surface area contributed by atoms with E-state index in [1.54, 1.807) is 41.5 Å². The molecular weight excluding hydrogens is 402 g/mol. The predicted octanol–water partition coefficient (Wildman–Crippen LogP) is 3.22. The van der Waals surface area contributed by atoms with Gasteiger partial charge in [-0.2, -0.15) is 0 Å². The first kappa shape index (κ1) is 20.0. The van der Waals surface area contributed by atoms with E-state index in [1.165, 1.54) is 0 Å². The number of rotatable bonds is 5. The Bertz CT molecular complexity index is 977. The second-order valence-electron chi connectivity index (χ2n) is 6.87. The highest BCUT2D eigenvalue weighted by Crippen LogP contribution is 2.30.